The minimum absolute atomic E-state index is 0. The maximum atomic E-state index is 5.03. The fourth-order valence-electron chi connectivity index (χ4n) is 20.5. The molecule has 0 aliphatic carbocycles. The monoisotopic (exact) mass is 2510 g/mol. The molecular weight excluding hydrogens is 2420 g/mol. The van der Waals surface area contributed by atoms with Gasteiger partial charge in [0, 0.05) is 150 Å². The van der Waals surface area contributed by atoms with Crippen LogP contribution in [-0.2, 0) is 80.4 Å². The van der Waals surface area contributed by atoms with Crippen LogP contribution in [0.1, 0.15) is 44.5 Å². The Morgan fingerprint density at radius 1 is 0.179 bits per heavy atom. The van der Waals surface area contributed by atoms with Crippen molar-refractivity contribution in [2.24, 2.45) is 0 Å². The van der Waals surface area contributed by atoms with Gasteiger partial charge in [0.25, 0.3) is 0 Å². The first kappa shape index (κ1) is 94.4. The number of aromatic nitrogens is 8. The van der Waals surface area contributed by atoms with E-state index in [2.05, 4.69) is 455 Å². The van der Waals surface area contributed by atoms with Crippen LogP contribution in [0.25, 0.3) is 221 Å². The van der Waals surface area contributed by atoms with Crippen LogP contribution in [0.15, 0.2) is 413 Å². The average molecular weight is 2510 g/mol. The number of hydrogen-bond acceptors (Lipinski definition) is 4. The van der Waals surface area contributed by atoms with Gasteiger partial charge in [0.1, 0.15) is 0 Å². The zero-order valence-corrected chi connectivity index (χ0v) is 87.8. The predicted octanol–water partition coefficient (Wildman–Crippen LogP) is 32.9. The molecule has 0 N–H and O–H groups in total. The first-order valence-electron chi connectivity index (χ1n) is 46.5. The number of imidazole rings is 4. The normalized spacial score (nSPS) is 11.2. The molecule has 140 heavy (non-hydrogen) atoms. The molecule has 684 valence electrons. The van der Waals surface area contributed by atoms with Crippen LogP contribution < -0.4 is 0 Å². The van der Waals surface area contributed by atoms with E-state index in [9.17, 15) is 0 Å². The summed E-state index contributed by atoms with van der Waals surface area (Å²) >= 11 is 0. The van der Waals surface area contributed by atoms with Gasteiger partial charge in [-0.25, -0.2) is 0 Å². The first-order valence-corrected chi connectivity index (χ1v) is 46.5. The van der Waals surface area contributed by atoms with E-state index in [-0.39, 0.29) is 80.4 Å². The van der Waals surface area contributed by atoms with E-state index in [1.54, 1.807) is 0 Å². The summed E-state index contributed by atoms with van der Waals surface area (Å²) in [6, 6.07) is 151. The number of hydrogen-bond donors (Lipinski definition) is 0. The van der Waals surface area contributed by atoms with Crippen LogP contribution in [-0.4, -0.2) is 37.5 Å². The zero-order chi connectivity index (χ0) is 91.8. The van der Waals surface area contributed by atoms with Crippen molar-refractivity contribution in [1.82, 2.24) is 37.5 Å². The molecule has 0 atom stereocenters. The number of aryl methyl sites for hydroxylation is 8. The van der Waals surface area contributed by atoms with Crippen molar-refractivity contribution >= 4 is 109 Å². The molecule has 0 fully saturated rings. The first-order chi connectivity index (χ1) is 66.9. The van der Waals surface area contributed by atoms with E-state index in [1.807, 2.05) is 55.1 Å². The van der Waals surface area contributed by atoms with Gasteiger partial charge in [-0.05, 0) is 212 Å². The second-order valence-corrected chi connectivity index (χ2v) is 35.6. The maximum absolute atomic E-state index is 5.03. The summed E-state index contributed by atoms with van der Waals surface area (Å²) in [5.74, 6) is 0. The van der Waals surface area contributed by atoms with Crippen molar-refractivity contribution in [1.29, 1.82) is 0 Å². The largest absolute Gasteiger partial charge is 0.333 e. The topological polar surface area (TPSA) is 69.2 Å². The molecule has 8 nitrogen and oxygen atoms in total. The molecule has 26 rings (SSSR count). The Labute approximate surface area is 868 Å². The second-order valence-electron chi connectivity index (χ2n) is 35.6. The van der Waals surface area contributed by atoms with Crippen LogP contribution in [0.3, 0.4) is 0 Å². The van der Waals surface area contributed by atoms with Gasteiger partial charge in [0.05, 0.1) is 45.4 Å². The van der Waals surface area contributed by atoms with Crippen molar-refractivity contribution in [2.45, 2.75) is 55.4 Å². The number of para-hydroxylation sites is 1. The maximum Gasteiger partial charge on any atom is 0.0646 e. The van der Waals surface area contributed by atoms with Crippen molar-refractivity contribution in [2.75, 3.05) is 0 Å². The number of nitrogens with zero attached hydrogens (tertiary/aromatic N) is 8. The molecule has 4 radical (unpaired) electrons. The molecule has 12 heteroatoms. The Morgan fingerprint density at radius 3 is 0.664 bits per heavy atom. The van der Waals surface area contributed by atoms with Gasteiger partial charge in [0.2, 0.25) is 0 Å². The summed E-state index contributed by atoms with van der Waals surface area (Å²) < 4.78 is 9.31. The smallest absolute Gasteiger partial charge is 0.0646 e. The Kier molecular flexibility index (Phi) is 27.0. The van der Waals surface area contributed by atoms with Crippen molar-refractivity contribution in [3.8, 4) is 112 Å². The molecule has 0 amide bonds. The fraction of sp³-hybridized carbons (Fsp3) is 0.0625. The summed E-state index contributed by atoms with van der Waals surface area (Å²) in [5, 5.41) is 13.9. The van der Waals surface area contributed by atoms with Crippen LogP contribution in [0.4, 0.5) is 0 Å². The Balaban J connectivity index is 0.000000118. The van der Waals surface area contributed by atoms with Gasteiger partial charge in [-0.1, -0.05) is 313 Å². The summed E-state index contributed by atoms with van der Waals surface area (Å²) in [5.41, 5.74) is 42.2. The number of benzene rings is 18. The third-order valence-corrected chi connectivity index (χ3v) is 27.4. The molecule has 0 spiro atoms. The van der Waals surface area contributed by atoms with Gasteiger partial charge in [0.15, 0.2) is 0 Å². The van der Waals surface area contributed by atoms with Crippen LogP contribution in [0, 0.1) is 79.7 Å². The van der Waals surface area contributed by atoms with E-state index in [4.69, 9.17) is 19.9 Å². The standard InChI is InChI=1S/2C35H25N2.C33H21N2.C25H21N2.4Ir/c2*1-23-20-31-29-16-9-10-17-30(29)35-36-22-33(37(35)32(31)21-24(23)2)34-27(25-12-5-3-6-13-25)18-11-19-28(34)26-14-7-4-8-15-26;1-3-12-23(13-4-1)25-19-11-20-26(24-14-5-2-6-15-24)32(25)31-22-34-33-29-18-8-7-16-27(29)28-17-9-10-21-30(28)35(31)33;1-15-8-7-9-16(2)24(15)23-14-26-25-20-11-6-5-10-19(20)21-12-17(3)18(4)13-22(21)27(23)25;;;;/h2*3-16,18-22H,1-2H3;1-17,19-22H;5-10,12-14H,1-4H3;;;;/q4*-1;;;;. The third-order valence-electron chi connectivity index (χ3n) is 27.4. The Morgan fingerprint density at radius 2 is 0.393 bits per heavy atom. The van der Waals surface area contributed by atoms with Crippen LogP contribution >= 0.6 is 0 Å². The van der Waals surface area contributed by atoms with E-state index in [0.29, 0.717) is 0 Å². The molecule has 0 aliphatic heterocycles. The van der Waals surface area contributed by atoms with Gasteiger partial charge in [-0.2, -0.15) is 0 Å². The van der Waals surface area contributed by atoms with Crippen molar-refractivity contribution in [3.05, 3.63) is 482 Å². The second kappa shape index (κ2) is 40.1. The number of pyridine rings is 4. The fourth-order valence-corrected chi connectivity index (χ4v) is 20.5. The van der Waals surface area contributed by atoms with Gasteiger partial charge in [-0.15, -0.1) is 119 Å². The van der Waals surface area contributed by atoms with Crippen molar-refractivity contribution in [3.63, 3.8) is 0 Å². The summed E-state index contributed by atoms with van der Waals surface area (Å²) in [4.78, 5) is 19.9. The van der Waals surface area contributed by atoms with Crippen LogP contribution in [0.2, 0.25) is 0 Å². The SMILES string of the molecule is Cc1cc2c3ccc[c-]c3c3ncc(-c4c(-c5ccccc5)cccc4-c4ccccc4)n3c2cc1C.Cc1cc2c3ccc[c-]c3c3ncc(-c4c(-c5ccccc5)cccc4-c4ccccc4)n3c2cc1C.Cc1cc2c3ccc[c-]c3c3ncc(-c4c(C)cccc4C)n3c2cc1C.[Ir].[Ir].[Ir].[Ir].[c-]1cccc2c1c1ncc(-c3c(-c4ccccc4)cccc3-c3ccccc3)n1c1ccccc21. The summed E-state index contributed by atoms with van der Waals surface area (Å²) in [6.45, 7) is 17.4. The third kappa shape index (κ3) is 16.7. The molecule has 8 aromatic heterocycles. The van der Waals surface area contributed by atoms with Crippen molar-refractivity contribution < 1.29 is 80.4 Å². The molecular formula is C128H92Ir4N8-4. The minimum Gasteiger partial charge on any atom is -0.333 e. The number of fused-ring (bicyclic) bond motifs is 24. The Hall–Kier alpha value is -14.6. The van der Waals surface area contributed by atoms with E-state index in [1.165, 1.54) is 193 Å². The Bertz CT molecular complexity index is 8710. The molecule has 0 unspecified atom stereocenters. The summed E-state index contributed by atoms with van der Waals surface area (Å²) in [6.07, 6.45) is 8.12. The molecule has 8 heterocycles. The van der Waals surface area contributed by atoms with Gasteiger partial charge in [-0.3, -0.25) is 19.9 Å². The molecule has 26 aromatic rings. The molecule has 0 aliphatic rings. The van der Waals surface area contributed by atoms with E-state index >= 15 is 0 Å². The van der Waals surface area contributed by atoms with Gasteiger partial charge >= 0.3 is 0 Å². The summed E-state index contributed by atoms with van der Waals surface area (Å²) in [7, 11) is 0. The minimum atomic E-state index is 0. The average Bonchev–Trinajstić information content (AvgIpc) is 1.52. The zero-order valence-electron chi connectivity index (χ0n) is 78.2. The van der Waals surface area contributed by atoms with Gasteiger partial charge < -0.3 is 17.6 Å². The number of rotatable bonds is 10. The molecule has 0 saturated heterocycles. The predicted molar refractivity (Wildman–Crippen MR) is 568 cm³/mol. The van der Waals surface area contributed by atoms with Crippen LogP contribution in [0.5, 0.6) is 0 Å². The quantitative estimate of drug-likeness (QED) is 0.101. The van der Waals surface area contributed by atoms with E-state index < -0.39 is 0 Å². The molecule has 0 saturated carbocycles. The van der Waals surface area contributed by atoms with E-state index in [0.717, 1.165) is 72.4 Å². The molecule has 0 bridgehead atoms. The molecule has 18 aromatic carbocycles.